The minimum absolute atomic E-state index is 0.0457. The molecule has 2 amide bonds. The van der Waals surface area contributed by atoms with Gasteiger partial charge in [0.1, 0.15) is 12.6 Å². The summed E-state index contributed by atoms with van der Waals surface area (Å²) < 4.78 is 29.5. The first-order valence-electron chi connectivity index (χ1n) is 14.6. The maximum absolute atomic E-state index is 14.6. The monoisotopic (exact) mass is 665 g/mol. The number of nitrogens with one attached hydrogen (secondary N) is 1. The molecule has 10 heteroatoms. The van der Waals surface area contributed by atoms with Gasteiger partial charge in [-0.2, -0.15) is 0 Å². The van der Waals surface area contributed by atoms with Gasteiger partial charge in [0.15, 0.2) is 0 Å². The second kappa shape index (κ2) is 15.0. The van der Waals surface area contributed by atoms with E-state index in [-0.39, 0.29) is 29.8 Å². The van der Waals surface area contributed by atoms with E-state index in [0.717, 1.165) is 21.0 Å². The van der Waals surface area contributed by atoms with Gasteiger partial charge in [-0.1, -0.05) is 89.9 Å². The Balaban J connectivity index is 1.85. The third-order valence-electron chi connectivity index (χ3n) is 7.51. The number of hydrogen-bond acceptors (Lipinski definition) is 4. The molecule has 1 N–H and O–H groups in total. The lowest BCUT2D eigenvalue weighted by molar-refractivity contribution is -0.140. The summed E-state index contributed by atoms with van der Waals surface area (Å²) in [5.41, 5.74) is 3.37. The Morgan fingerprint density at radius 1 is 0.844 bits per heavy atom. The predicted molar refractivity (Wildman–Crippen MR) is 181 cm³/mol. The van der Waals surface area contributed by atoms with Crippen LogP contribution in [0, 0.1) is 13.8 Å². The number of nitrogens with zero attached hydrogens (tertiary/aromatic N) is 2. The van der Waals surface area contributed by atoms with Crippen LogP contribution in [0.4, 0.5) is 5.69 Å². The lowest BCUT2D eigenvalue weighted by Crippen LogP contribution is -2.54. The van der Waals surface area contributed by atoms with Crippen molar-refractivity contribution in [1.82, 2.24) is 10.2 Å². The lowest BCUT2D eigenvalue weighted by Gasteiger charge is -2.34. The highest BCUT2D eigenvalue weighted by Crippen LogP contribution is 2.30. The van der Waals surface area contributed by atoms with E-state index in [2.05, 4.69) is 5.32 Å². The molecule has 7 nitrogen and oxygen atoms in total. The molecule has 0 saturated carbocycles. The first-order chi connectivity index (χ1) is 21.4. The number of aryl methyl sites for hydroxylation is 1. The average Bonchev–Trinajstić information content (AvgIpc) is 3.00. The first kappa shape index (κ1) is 34.0. The van der Waals surface area contributed by atoms with Gasteiger partial charge in [-0.15, -0.1) is 0 Å². The molecule has 236 valence electrons. The number of benzene rings is 4. The zero-order valence-electron chi connectivity index (χ0n) is 25.7. The molecule has 0 spiro atoms. The molecule has 0 aliphatic heterocycles. The van der Waals surface area contributed by atoms with E-state index in [1.54, 1.807) is 48.5 Å². The second-order valence-electron chi connectivity index (χ2n) is 11.2. The molecule has 4 aromatic rings. The molecule has 0 radical (unpaired) electrons. The molecule has 1 atom stereocenters. The number of halogens is 2. The van der Waals surface area contributed by atoms with Crippen LogP contribution in [-0.4, -0.2) is 43.8 Å². The van der Waals surface area contributed by atoms with Crippen LogP contribution in [0.3, 0.4) is 0 Å². The predicted octanol–water partition coefficient (Wildman–Crippen LogP) is 6.97. The number of carbonyl (C=O) groups excluding carboxylic acids is 2. The standard InChI is InChI=1S/C35H37Cl2N3O4S/c1-24(2)38-35(42)33(20-27-13-7-5-8-14-27)39(22-28-18-19-29(36)21-31(28)37)34(41)23-40(32-17-11-12-25(3)26(32)4)45(43,44)30-15-9-6-10-16-30/h5-19,21,24,33H,20,22-23H2,1-4H3,(H,38,42)/t33-/m1/s1. The van der Waals surface area contributed by atoms with E-state index in [0.29, 0.717) is 21.3 Å². The largest absolute Gasteiger partial charge is 0.352 e. The summed E-state index contributed by atoms with van der Waals surface area (Å²) >= 11 is 12.7. The van der Waals surface area contributed by atoms with Gasteiger partial charge in [-0.05, 0) is 80.3 Å². The fourth-order valence-electron chi connectivity index (χ4n) is 5.01. The maximum Gasteiger partial charge on any atom is 0.264 e. The number of hydrogen-bond donors (Lipinski definition) is 1. The Labute approximate surface area is 275 Å². The van der Waals surface area contributed by atoms with Gasteiger partial charge < -0.3 is 10.2 Å². The molecule has 0 heterocycles. The third kappa shape index (κ3) is 8.45. The van der Waals surface area contributed by atoms with Crippen LogP contribution in [0.25, 0.3) is 0 Å². The van der Waals surface area contributed by atoms with E-state index in [9.17, 15) is 18.0 Å². The molecule has 0 aliphatic rings. The second-order valence-corrected chi connectivity index (χ2v) is 13.9. The molecule has 0 fully saturated rings. The molecule has 4 rings (SSSR count). The van der Waals surface area contributed by atoms with Crippen molar-refractivity contribution in [2.75, 3.05) is 10.8 Å². The van der Waals surface area contributed by atoms with Crippen LogP contribution < -0.4 is 9.62 Å². The highest BCUT2D eigenvalue weighted by Gasteiger charge is 2.35. The zero-order chi connectivity index (χ0) is 32.7. The van der Waals surface area contributed by atoms with Gasteiger partial charge in [-0.25, -0.2) is 8.42 Å². The quantitative estimate of drug-likeness (QED) is 0.177. The van der Waals surface area contributed by atoms with Crippen molar-refractivity contribution in [3.8, 4) is 0 Å². The van der Waals surface area contributed by atoms with Crippen molar-refractivity contribution < 1.29 is 18.0 Å². The van der Waals surface area contributed by atoms with Gasteiger partial charge in [0, 0.05) is 29.1 Å². The van der Waals surface area contributed by atoms with E-state index < -0.39 is 28.5 Å². The summed E-state index contributed by atoms with van der Waals surface area (Å²) in [5.74, 6) is -0.933. The zero-order valence-corrected chi connectivity index (χ0v) is 28.0. The minimum atomic E-state index is -4.19. The summed E-state index contributed by atoms with van der Waals surface area (Å²) in [6, 6.07) is 26.5. The van der Waals surface area contributed by atoms with E-state index in [1.165, 1.54) is 17.0 Å². The Kier molecular flexibility index (Phi) is 11.3. The first-order valence-corrected chi connectivity index (χ1v) is 16.8. The highest BCUT2D eigenvalue weighted by atomic mass is 35.5. The summed E-state index contributed by atoms with van der Waals surface area (Å²) in [6.45, 7) is 6.79. The smallest absolute Gasteiger partial charge is 0.264 e. The fourth-order valence-corrected chi connectivity index (χ4v) is 6.97. The van der Waals surface area contributed by atoms with Crippen molar-refractivity contribution in [2.45, 2.75) is 57.6 Å². The SMILES string of the molecule is Cc1cccc(N(CC(=O)N(Cc2ccc(Cl)cc2Cl)[C@H](Cc2ccccc2)C(=O)NC(C)C)S(=O)(=O)c2ccccc2)c1C. The summed E-state index contributed by atoms with van der Waals surface area (Å²) in [4.78, 5) is 29.9. The van der Waals surface area contributed by atoms with Crippen molar-refractivity contribution in [2.24, 2.45) is 0 Å². The molecule has 45 heavy (non-hydrogen) atoms. The highest BCUT2D eigenvalue weighted by molar-refractivity contribution is 7.92. The fraction of sp³-hybridized carbons (Fsp3) is 0.257. The Morgan fingerprint density at radius 3 is 2.11 bits per heavy atom. The number of amides is 2. The van der Waals surface area contributed by atoms with Gasteiger partial charge in [0.05, 0.1) is 10.6 Å². The van der Waals surface area contributed by atoms with Gasteiger partial charge in [0.25, 0.3) is 10.0 Å². The van der Waals surface area contributed by atoms with Gasteiger partial charge >= 0.3 is 0 Å². The number of rotatable bonds is 12. The van der Waals surface area contributed by atoms with Crippen molar-refractivity contribution in [3.05, 3.63) is 129 Å². The number of anilines is 1. The number of sulfonamides is 1. The van der Waals surface area contributed by atoms with Crippen molar-refractivity contribution >= 4 is 50.7 Å². The summed E-state index contributed by atoms with van der Waals surface area (Å²) in [7, 11) is -4.19. The third-order valence-corrected chi connectivity index (χ3v) is 9.87. The molecule has 0 bridgehead atoms. The van der Waals surface area contributed by atoms with Crippen molar-refractivity contribution in [1.29, 1.82) is 0 Å². The van der Waals surface area contributed by atoms with Crippen LogP contribution in [0.2, 0.25) is 10.0 Å². The van der Waals surface area contributed by atoms with Gasteiger partial charge in [-0.3, -0.25) is 13.9 Å². The molecular formula is C35H37Cl2N3O4S. The van der Waals surface area contributed by atoms with Crippen LogP contribution in [-0.2, 0) is 32.6 Å². The Hall–Kier alpha value is -3.85. The Morgan fingerprint density at radius 2 is 1.49 bits per heavy atom. The van der Waals surface area contributed by atoms with E-state index in [4.69, 9.17) is 23.2 Å². The topological polar surface area (TPSA) is 86.8 Å². The summed E-state index contributed by atoms with van der Waals surface area (Å²) in [6.07, 6.45) is 0.200. The lowest BCUT2D eigenvalue weighted by atomic mass is 10.0. The molecule has 0 saturated heterocycles. The van der Waals surface area contributed by atoms with Gasteiger partial charge in [0.2, 0.25) is 11.8 Å². The minimum Gasteiger partial charge on any atom is -0.352 e. The van der Waals surface area contributed by atoms with E-state index >= 15 is 0 Å². The van der Waals surface area contributed by atoms with Crippen LogP contribution in [0.15, 0.2) is 102 Å². The van der Waals surface area contributed by atoms with Crippen LogP contribution in [0.5, 0.6) is 0 Å². The maximum atomic E-state index is 14.6. The molecule has 0 unspecified atom stereocenters. The average molecular weight is 667 g/mol. The van der Waals surface area contributed by atoms with Crippen LogP contribution in [0.1, 0.15) is 36.1 Å². The molecule has 0 aliphatic carbocycles. The van der Waals surface area contributed by atoms with Crippen LogP contribution >= 0.6 is 23.2 Å². The molecule has 4 aromatic carbocycles. The Bertz CT molecular complexity index is 1750. The summed E-state index contributed by atoms with van der Waals surface area (Å²) in [5, 5.41) is 3.70. The molecular weight excluding hydrogens is 629 g/mol. The number of carbonyl (C=O) groups is 2. The van der Waals surface area contributed by atoms with E-state index in [1.807, 2.05) is 64.1 Å². The van der Waals surface area contributed by atoms with Crippen molar-refractivity contribution in [3.63, 3.8) is 0 Å². The normalized spacial score (nSPS) is 12.1. The molecule has 0 aromatic heterocycles.